The first kappa shape index (κ1) is 21.3. The number of nitrogens with zero attached hydrogens (tertiary/aromatic N) is 1. The van der Waals surface area contributed by atoms with E-state index >= 15 is 0 Å². The van der Waals surface area contributed by atoms with Crippen LogP contribution in [0.3, 0.4) is 0 Å². The number of alkyl halides is 2. The van der Waals surface area contributed by atoms with Gasteiger partial charge < -0.3 is 14.8 Å². The zero-order valence-corrected chi connectivity index (χ0v) is 16.2. The minimum Gasteiger partial charge on any atom is -0.544 e. The monoisotopic (exact) mass is 380 g/mol. The SMILES string of the molecule is C[Si](C)(C)Oc1ccc([C@H](N2CCNCC2)C(F)(F)CO)cc1.Cl. The molecule has 24 heavy (non-hydrogen) atoms. The van der Waals surface area contributed by atoms with E-state index < -0.39 is 26.9 Å². The molecule has 1 aromatic carbocycles. The van der Waals surface area contributed by atoms with Crippen LogP contribution >= 0.6 is 12.4 Å². The minimum absolute atomic E-state index is 0. The Morgan fingerprint density at radius 3 is 2.21 bits per heavy atom. The van der Waals surface area contributed by atoms with Crippen molar-refractivity contribution < 1.29 is 18.3 Å². The number of halogens is 3. The molecule has 0 bridgehead atoms. The van der Waals surface area contributed by atoms with Gasteiger partial charge in [-0.1, -0.05) is 12.1 Å². The summed E-state index contributed by atoms with van der Waals surface area (Å²) in [6.45, 7) is 7.48. The summed E-state index contributed by atoms with van der Waals surface area (Å²) in [7, 11) is -1.73. The van der Waals surface area contributed by atoms with Gasteiger partial charge in [0.1, 0.15) is 18.4 Å². The van der Waals surface area contributed by atoms with Crippen LogP contribution < -0.4 is 9.74 Å². The normalized spacial score (nSPS) is 17.9. The Morgan fingerprint density at radius 2 is 1.75 bits per heavy atom. The summed E-state index contributed by atoms with van der Waals surface area (Å²) < 4.78 is 34.5. The Morgan fingerprint density at radius 1 is 1.21 bits per heavy atom. The predicted octanol–water partition coefficient (Wildman–Crippen LogP) is 2.90. The van der Waals surface area contributed by atoms with Crippen molar-refractivity contribution in [2.45, 2.75) is 31.6 Å². The Bertz CT molecular complexity index is 506. The standard InChI is InChI=1S/C16H26F2N2O2Si.ClH/c1-23(2,3)22-14-6-4-13(5-7-14)15(16(17,18)12-21)20-10-8-19-9-11-20;/h4-7,15,19,21H,8-12H2,1-3H3;1H/t15-;/m0./s1. The molecule has 1 atom stereocenters. The van der Waals surface area contributed by atoms with Crippen LogP contribution in [0.1, 0.15) is 11.6 Å². The molecule has 8 heteroatoms. The van der Waals surface area contributed by atoms with Crippen molar-refractivity contribution in [3.05, 3.63) is 29.8 Å². The fraction of sp³-hybridized carbons (Fsp3) is 0.625. The molecule has 0 amide bonds. The summed E-state index contributed by atoms with van der Waals surface area (Å²) in [5.74, 6) is -2.47. The quantitative estimate of drug-likeness (QED) is 0.745. The van der Waals surface area contributed by atoms with Gasteiger partial charge in [0.05, 0.1) is 0 Å². The van der Waals surface area contributed by atoms with E-state index in [0.717, 1.165) is 0 Å². The first-order valence-electron chi connectivity index (χ1n) is 7.95. The predicted molar refractivity (Wildman–Crippen MR) is 96.9 cm³/mol. The summed E-state index contributed by atoms with van der Waals surface area (Å²) in [6.07, 6.45) is 0. The van der Waals surface area contributed by atoms with Crippen LogP contribution in [0.5, 0.6) is 5.75 Å². The highest BCUT2D eigenvalue weighted by atomic mass is 35.5. The first-order chi connectivity index (χ1) is 10.7. The van der Waals surface area contributed by atoms with Gasteiger partial charge in [-0.3, -0.25) is 4.90 Å². The molecule has 0 unspecified atom stereocenters. The van der Waals surface area contributed by atoms with Gasteiger partial charge in [0.25, 0.3) is 5.92 Å². The van der Waals surface area contributed by atoms with E-state index in [1.165, 1.54) is 0 Å². The molecule has 0 saturated carbocycles. The van der Waals surface area contributed by atoms with Crippen molar-refractivity contribution in [3.63, 3.8) is 0 Å². The number of hydrogen-bond acceptors (Lipinski definition) is 4. The van der Waals surface area contributed by atoms with E-state index in [1.54, 1.807) is 29.2 Å². The topological polar surface area (TPSA) is 44.7 Å². The number of piperazine rings is 1. The molecule has 0 spiro atoms. The molecule has 1 saturated heterocycles. The second kappa shape index (κ2) is 8.58. The maximum atomic E-state index is 14.3. The highest BCUT2D eigenvalue weighted by Crippen LogP contribution is 2.37. The largest absolute Gasteiger partial charge is 0.544 e. The average Bonchev–Trinajstić information content (AvgIpc) is 2.49. The maximum Gasteiger partial charge on any atom is 0.289 e. The molecular formula is C16H27ClF2N2O2Si. The maximum absolute atomic E-state index is 14.3. The van der Waals surface area contributed by atoms with Crippen LogP contribution in [0.4, 0.5) is 8.78 Å². The van der Waals surface area contributed by atoms with Gasteiger partial charge in [-0.2, -0.15) is 0 Å². The van der Waals surface area contributed by atoms with E-state index in [0.29, 0.717) is 37.5 Å². The molecule has 1 heterocycles. The van der Waals surface area contributed by atoms with E-state index in [-0.39, 0.29) is 12.4 Å². The molecule has 1 aliphatic heterocycles. The highest BCUT2D eigenvalue weighted by Gasteiger charge is 2.44. The third-order valence-electron chi connectivity index (χ3n) is 3.75. The number of hydrogen-bond donors (Lipinski definition) is 2. The first-order valence-corrected chi connectivity index (χ1v) is 11.4. The minimum atomic E-state index is -3.18. The molecule has 0 radical (unpaired) electrons. The summed E-state index contributed by atoms with van der Waals surface area (Å²) in [6, 6.07) is 5.75. The second-order valence-corrected chi connectivity index (χ2v) is 11.3. The van der Waals surface area contributed by atoms with Crippen molar-refractivity contribution in [1.82, 2.24) is 10.2 Å². The molecular weight excluding hydrogens is 354 g/mol. The van der Waals surface area contributed by atoms with Crippen LogP contribution in [-0.4, -0.2) is 57.0 Å². The lowest BCUT2D eigenvalue weighted by Gasteiger charge is -2.38. The van der Waals surface area contributed by atoms with Crippen molar-refractivity contribution in [2.75, 3.05) is 32.8 Å². The smallest absolute Gasteiger partial charge is 0.289 e. The van der Waals surface area contributed by atoms with Crippen molar-refractivity contribution >= 4 is 20.7 Å². The molecule has 0 aromatic heterocycles. The third kappa shape index (κ3) is 5.67. The molecule has 1 aliphatic rings. The number of aliphatic hydroxyl groups excluding tert-OH is 1. The van der Waals surface area contributed by atoms with Gasteiger partial charge >= 0.3 is 0 Å². The zero-order chi connectivity index (χ0) is 17.1. The van der Waals surface area contributed by atoms with Crippen molar-refractivity contribution in [1.29, 1.82) is 0 Å². The van der Waals surface area contributed by atoms with E-state index in [1.807, 2.05) is 0 Å². The van der Waals surface area contributed by atoms with Crippen molar-refractivity contribution in [3.8, 4) is 5.75 Å². The molecule has 4 nitrogen and oxygen atoms in total. The van der Waals surface area contributed by atoms with Crippen molar-refractivity contribution in [2.24, 2.45) is 0 Å². The van der Waals surface area contributed by atoms with Crippen LogP contribution in [0.25, 0.3) is 0 Å². The van der Waals surface area contributed by atoms with E-state index in [4.69, 9.17) is 9.53 Å². The molecule has 1 aromatic rings. The average molecular weight is 381 g/mol. The molecule has 1 fully saturated rings. The molecule has 2 N–H and O–H groups in total. The molecule has 2 rings (SSSR count). The fourth-order valence-corrected chi connectivity index (χ4v) is 3.66. The molecule has 0 aliphatic carbocycles. The fourth-order valence-electron chi connectivity index (χ4n) is 2.82. The zero-order valence-electron chi connectivity index (χ0n) is 14.4. The van der Waals surface area contributed by atoms with Gasteiger partial charge in [-0.05, 0) is 37.3 Å². The Kier molecular flexibility index (Phi) is 7.62. The van der Waals surface area contributed by atoms with Gasteiger partial charge in [0.15, 0.2) is 0 Å². The second-order valence-electron chi connectivity index (χ2n) is 6.89. The summed E-state index contributed by atoms with van der Waals surface area (Å²) >= 11 is 0. The Hall–Kier alpha value is -0.733. The summed E-state index contributed by atoms with van der Waals surface area (Å²) in [5, 5.41) is 12.3. The third-order valence-corrected chi connectivity index (χ3v) is 4.60. The van der Waals surface area contributed by atoms with Crippen LogP contribution in [0, 0.1) is 0 Å². The van der Waals surface area contributed by atoms with E-state index in [2.05, 4.69) is 25.0 Å². The lowest BCUT2D eigenvalue weighted by Crippen LogP contribution is -2.51. The van der Waals surface area contributed by atoms with E-state index in [9.17, 15) is 8.78 Å². The van der Waals surface area contributed by atoms with Crippen LogP contribution in [-0.2, 0) is 0 Å². The Labute approximate surface area is 149 Å². The van der Waals surface area contributed by atoms with Gasteiger partial charge in [-0.15, -0.1) is 12.4 Å². The lowest BCUT2D eigenvalue weighted by atomic mass is 9.98. The van der Waals surface area contributed by atoms with Crippen LogP contribution in [0.2, 0.25) is 19.6 Å². The van der Waals surface area contributed by atoms with Gasteiger partial charge in [-0.25, -0.2) is 8.78 Å². The number of rotatable bonds is 6. The number of nitrogens with one attached hydrogen (secondary N) is 1. The number of aliphatic hydroxyl groups is 1. The summed E-state index contributed by atoms with van der Waals surface area (Å²) in [5.41, 5.74) is 0.508. The molecule has 138 valence electrons. The number of benzene rings is 1. The highest BCUT2D eigenvalue weighted by molar-refractivity contribution is 6.70. The lowest BCUT2D eigenvalue weighted by molar-refractivity contribution is -0.118. The van der Waals surface area contributed by atoms with Crippen LogP contribution in [0.15, 0.2) is 24.3 Å². The van der Waals surface area contributed by atoms with Gasteiger partial charge in [0, 0.05) is 26.2 Å². The Balaban J connectivity index is 0.00000288. The summed E-state index contributed by atoms with van der Waals surface area (Å²) in [4.78, 5) is 1.74. The van der Waals surface area contributed by atoms with Gasteiger partial charge in [0.2, 0.25) is 8.32 Å².